The molecule has 0 aliphatic carbocycles. The lowest BCUT2D eigenvalue weighted by atomic mass is 9.99. The van der Waals surface area contributed by atoms with Crippen molar-refractivity contribution in [3.05, 3.63) is 87.7 Å². The van der Waals surface area contributed by atoms with Gasteiger partial charge in [0.05, 0.1) is 5.69 Å². The van der Waals surface area contributed by atoms with Gasteiger partial charge < -0.3 is 0 Å². The van der Waals surface area contributed by atoms with Gasteiger partial charge >= 0.3 is 10.1 Å². The highest BCUT2D eigenvalue weighted by Gasteiger charge is 2.23. The van der Waals surface area contributed by atoms with Gasteiger partial charge in [0, 0.05) is 18.1 Å². The molecule has 1 aromatic heterocycles. The number of rotatable bonds is 5. The quantitative estimate of drug-likeness (QED) is 0.625. The summed E-state index contributed by atoms with van der Waals surface area (Å²) in [6.45, 7) is 3.61. The van der Waals surface area contributed by atoms with Crippen molar-refractivity contribution in [3.63, 3.8) is 0 Å². The van der Waals surface area contributed by atoms with E-state index in [1.165, 1.54) is 18.2 Å². The lowest BCUT2D eigenvalue weighted by Crippen LogP contribution is -2.33. The number of terminal acetylenes is 1. The number of pyridine rings is 1. The van der Waals surface area contributed by atoms with Crippen LogP contribution < -0.4 is 9.84 Å². The van der Waals surface area contributed by atoms with Gasteiger partial charge in [-0.15, -0.1) is 17.1 Å². The number of aryl methyl sites for hydroxylation is 2. The standard InChI is InChI=1S/C22H19NO4S/c1-4-8-20-17(3)15-21(24)23(22(20)18-9-6-5-7-10-18)27-28(25,26)19-13-11-16(2)12-14-19/h1,5-7,9-15H,8H2,2-3H3. The molecule has 0 unspecified atom stereocenters. The Labute approximate surface area is 164 Å². The maximum atomic E-state index is 12.8. The SMILES string of the molecule is C#CCc1c(C)cc(=O)n(OS(=O)(=O)c2ccc(C)cc2)c1-c1ccccc1. The molecule has 6 heteroatoms. The van der Waals surface area contributed by atoms with Gasteiger partial charge in [-0.1, -0.05) is 48.0 Å². The van der Waals surface area contributed by atoms with E-state index in [4.69, 9.17) is 10.7 Å². The van der Waals surface area contributed by atoms with Crippen molar-refractivity contribution in [2.75, 3.05) is 0 Å². The summed E-state index contributed by atoms with van der Waals surface area (Å²) < 4.78 is 31.7. The van der Waals surface area contributed by atoms with Gasteiger partial charge in [0.1, 0.15) is 4.90 Å². The summed E-state index contributed by atoms with van der Waals surface area (Å²) in [6.07, 6.45) is 5.73. The maximum Gasteiger partial charge on any atom is 0.357 e. The van der Waals surface area contributed by atoms with E-state index in [0.29, 0.717) is 22.4 Å². The molecule has 0 fully saturated rings. The lowest BCUT2D eigenvalue weighted by Gasteiger charge is -2.18. The first-order chi connectivity index (χ1) is 13.3. The van der Waals surface area contributed by atoms with Crippen LogP contribution in [0.2, 0.25) is 0 Å². The molecule has 0 aliphatic rings. The van der Waals surface area contributed by atoms with Crippen LogP contribution in [0.1, 0.15) is 16.7 Å². The lowest BCUT2D eigenvalue weighted by molar-refractivity contribution is 0.271. The Morgan fingerprint density at radius 1 is 1.04 bits per heavy atom. The first-order valence-corrected chi connectivity index (χ1v) is 10.0. The number of hydrogen-bond donors (Lipinski definition) is 0. The van der Waals surface area contributed by atoms with Crippen molar-refractivity contribution in [2.45, 2.75) is 25.2 Å². The molecule has 0 radical (unpaired) electrons. The zero-order valence-electron chi connectivity index (χ0n) is 15.5. The Hall–Kier alpha value is -3.30. The molecule has 1 heterocycles. The van der Waals surface area contributed by atoms with E-state index in [-0.39, 0.29) is 11.3 Å². The third-order valence-electron chi connectivity index (χ3n) is 4.31. The predicted molar refractivity (Wildman–Crippen MR) is 108 cm³/mol. The molecule has 142 valence electrons. The molecule has 5 nitrogen and oxygen atoms in total. The monoisotopic (exact) mass is 393 g/mol. The first kappa shape index (κ1) is 19.5. The first-order valence-electron chi connectivity index (χ1n) is 8.59. The number of hydrogen-bond acceptors (Lipinski definition) is 4. The molecule has 2 aromatic carbocycles. The topological polar surface area (TPSA) is 65.4 Å². The predicted octanol–water partition coefficient (Wildman–Crippen LogP) is 3.13. The number of aromatic nitrogens is 1. The average molecular weight is 393 g/mol. The Morgan fingerprint density at radius 2 is 1.68 bits per heavy atom. The maximum absolute atomic E-state index is 12.8. The van der Waals surface area contributed by atoms with E-state index < -0.39 is 15.7 Å². The second-order valence-electron chi connectivity index (χ2n) is 6.38. The summed E-state index contributed by atoms with van der Waals surface area (Å²) in [5, 5.41) is 0. The van der Waals surface area contributed by atoms with Crippen molar-refractivity contribution in [2.24, 2.45) is 0 Å². The van der Waals surface area contributed by atoms with E-state index in [2.05, 4.69) is 5.92 Å². The second-order valence-corrected chi connectivity index (χ2v) is 7.90. The molecule has 3 aromatic rings. The van der Waals surface area contributed by atoms with Gasteiger partial charge in [0.2, 0.25) is 0 Å². The largest absolute Gasteiger partial charge is 0.357 e. The van der Waals surface area contributed by atoms with E-state index in [0.717, 1.165) is 10.3 Å². The van der Waals surface area contributed by atoms with Gasteiger partial charge in [-0.3, -0.25) is 9.08 Å². The minimum Gasteiger partial charge on any atom is -0.280 e. The van der Waals surface area contributed by atoms with Crippen LogP contribution in [0.3, 0.4) is 0 Å². The minimum atomic E-state index is -4.22. The zero-order valence-corrected chi connectivity index (χ0v) is 16.4. The minimum absolute atomic E-state index is 0.0388. The highest BCUT2D eigenvalue weighted by atomic mass is 32.2. The van der Waals surface area contributed by atoms with Crippen molar-refractivity contribution in [1.29, 1.82) is 0 Å². The van der Waals surface area contributed by atoms with Crippen LogP contribution in [0, 0.1) is 26.2 Å². The smallest absolute Gasteiger partial charge is 0.280 e. The molecule has 28 heavy (non-hydrogen) atoms. The molecule has 0 bridgehead atoms. The number of benzene rings is 2. The fourth-order valence-corrected chi connectivity index (χ4v) is 3.78. The normalized spacial score (nSPS) is 11.0. The highest BCUT2D eigenvalue weighted by molar-refractivity contribution is 7.87. The Bertz CT molecular complexity index is 1200. The van der Waals surface area contributed by atoms with E-state index in [9.17, 15) is 13.2 Å². The van der Waals surface area contributed by atoms with Crippen LogP contribution in [0.5, 0.6) is 0 Å². The van der Waals surface area contributed by atoms with E-state index in [1.54, 1.807) is 43.3 Å². The second kappa shape index (κ2) is 7.75. The molecule has 0 aliphatic heterocycles. The van der Waals surface area contributed by atoms with Crippen molar-refractivity contribution in [1.82, 2.24) is 4.73 Å². The summed E-state index contributed by atoms with van der Waals surface area (Å²) in [5.41, 5.74) is 2.62. The molecule has 0 spiro atoms. The Morgan fingerprint density at radius 3 is 2.29 bits per heavy atom. The van der Waals surface area contributed by atoms with Crippen LogP contribution in [0.25, 0.3) is 11.3 Å². The van der Waals surface area contributed by atoms with Crippen LogP contribution in [-0.2, 0) is 16.5 Å². The molecular formula is C22H19NO4S. The van der Waals surface area contributed by atoms with Gasteiger partial charge in [-0.05, 0) is 37.1 Å². The molecule has 0 N–H and O–H groups in total. The Balaban J connectivity index is 2.23. The fraction of sp³-hybridized carbons (Fsp3) is 0.136. The summed E-state index contributed by atoms with van der Waals surface area (Å²) in [5.74, 6) is 2.56. The summed E-state index contributed by atoms with van der Waals surface area (Å²) in [4.78, 5) is 12.6. The Kier molecular flexibility index (Phi) is 5.39. The van der Waals surface area contributed by atoms with E-state index in [1.807, 2.05) is 13.0 Å². The van der Waals surface area contributed by atoms with Crippen molar-refractivity contribution in [3.8, 4) is 23.6 Å². The third-order valence-corrected chi connectivity index (χ3v) is 5.51. The van der Waals surface area contributed by atoms with Crippen molar-refractivity contribution < 1.29 is 12.7 Å². The number of nitrogens with zero attached hydrogens (tertiary/aromatic N) is 1. The van der Waals surface area contributed by atoms with Crippen LogP contribution >= 0.6 is 0 Å². The fourth-order valence-electron chi connectivity index (χ4n) is 2.88. The van der Waals surface area contributed by atoms with Crippen molar-refractivity contribution >= 4 is 10.1 Å². The molecule has 0 amide bonds. The van der Waals surface area contributed by atoms with Crippen LogP contribution in [0.4, 0.5) is 0 Å². The molecular weight excluding hydrogens is 374 g/mol. The van der Waals surface area contributed by atoms with Gasteiger partial charge in [-0.2, -0.15) is 8.42 Å². The summed E-state index contributed by atoms with van der Waals surface area (Å²) in [7, 11) is -4.22. The summed E-state index contributed by atoms with van der Waals surface area (Å²) in [6, 6.07) is 16.5. The van der Waals surface area contributed by atoms with Gasteiger partial charge in [0.25, 0.3) is 5.56 Å². The van der Waals surface area contributed by atoms with E-state index >= 15 is 0 Å². The zero-order chi connectivity index (χ0) is 20.3. The molecule has 0 atom stereocenters. The molecule has 3 rings (SSSR count). The van der Waals surface area contributed by atoms with Gasteiger partial charge in [0.15, 0.2) is 0 Å². The average Bonchev–Trinajstić information content (AvgIpc) is 2.67. The highest BCUT2D eigenvalue weighted by Crippen LogP contribution is 2.25. The van der Waals surface area contributed by atoms with Crippen LogP contribution in [-0.4, -0.2) is 13.1 Å². The summed E-state index contributed by atoms with van der Waals surface area (Å²) >= 11 is 0. The van der Waals surface area contributed by atoms with Crippen LogP contribution in [0.15, 0.2) is 70.4 Å². The molecule has 0 saturated heterocycles. The third kappa shape index (κ3) is 3.85. The molecule has 0 saturated carbocycles. The van der Waals surface area contributed by atoms with Gasteiger partial charge in [-0.25, -0.2) is 0 Å².